The molecule has 7 heteroatoms. The molecule has 0 bridgehead atoms. The molecule has 0 saturated carbocycles. The summed E-state index contributed by atoms with van der Waals surface area (Å²) in [4.78, 5) is 12.6. The Hall–Kier alpha value is -1.60. The predicted molar refractivity (Wildman–Crippen MR) is 84.2 cm³/mol. The van der Waals surface area contributed by atoms with Gasteiger partial charge in [0.1, 0.15) is 6.04 Å². The van der Waals surface area contributed by atoms with Crippen molar-refractivity contribution in [3.05, 3.63) is 35.4 Å². The van der Waals surface area contributed by atoms with E-state index in [1.165, 1.54) is 11.8 Å². The second kappa shape index (κ2) is 7.98. The number of rotatable bonds is 5. The first-order valence-electron chi connectivity index (χ1n) is 7.94. The molecule has 134 valence electrons. The molecule has 1 aromatic rings. The van der Waals surface area contributed by atoms with Gasteiger partial charge in [-0.05, 0) is 24.0 Å². The number of nitrogens with zero attached hydrogens (tertiary/aromatic N) is 1. The summed E-state index contributed by atoms with van der Waals surface area (Å²) in [5.74, 6) is -0.214. The third-order valence-electron chi connectivity index (χ3n) is 4.19. The molecule has 2 atom stereocenters. The molecule has 24 heavy (non-hydrogen) atoms. The van der Waals surface area contributed by atoms with Gasteiger partial charge in [-0.2, -0.15) is 13.2 Å². The van der Waals surface area contributed by atoms with Crippen molar-refractivity contribution in [2.75, 3.05) is 13.7 Å². The van der Waals surface area contributed by atoms with Crippen molar-refractivity contribution in [2.24, 2.45) is 0 Å². The lowest BCUT2D eigenvalue weighted by Crippen LogP contribution is -2.55. The Labute approximate surface area is 140 Å². The number of benzene rings is 1. The van der Waals surface area contributed by atoms with Gasteiger partial charge in [0.05, 0.1) is 6.61 Å². The Morgan fingerprint density at radius 2 is 1.88 bits per heavy atom. The van der Waals surface area contributed by atoms with Crippen LogP contribution in [0.4, 0.5) is 13.2 Å². The molecule has 4 nitrogen and oxygen atoms in total. The lowest BCUT2D eigenvalue weighted by atomic mass is 9.96. The van der Waals surface area contributed by atoms with Gasteiger partial charge in [-0.15, -0.1) is 0 Å². The number of methoxy groups -OCH3 is 1. The van der Waals surface area contributed by atoms with Crippen LogP contribution in [0.2, 0.25) is 0 Å². The SMILES string of the molecule is COCc1ccc(CN2C[C@H](NC(C)=O)CC[C@@H]2C(F)(F)F)cc1. The first-order valence-corrected chi connectivity index (χ1v) is 7.94. The quantitative estimate of drug-likeness (QED) is 0.893. The van der Waals surface area contributed by atoms with Crippen LogP contribution >= 0.6 is 0 Å². The van der Waals surface area contributed by atoms with E-state index < -0.39 is 12.2 Å². The molecule has 1 N–H and O–H groups in total. The van der Waals surface area contributed by atoms with Gasteiger partial charge in [-0.25, -0.2) is 0 Å². The van der Waals surface area contributed by atoms with Crippen molar-refractivity contribution < 1.29 is 22.7 Å². The highest BCUT2D eigenvalue weighted by Gasteiger charge is 2.46. The van der Waals surface area contributed by atoms with Crippen LogP contribution < -0.4 is 5.32 Å². The third-order valence-corrected chi connectivity index (χ3v) is 4.19. The maximum atomic E-state index is 13.3. The molecule has 1 amide bonds. The highest BCUT2D eigenvalue weighted by molar-refractivity contribution is 5.73. The molecule has 0 unspecified atom stereocenters. The van der Waals surface area contributed by atoms with E-state index in [9.17, 15) is 18.0 Å². The Morgan fingerprint density at radius 1 is 1.25 bits per heavy atom. The average Bonchev–Trinajstić information content (AvgIpc) is 2.48. The number of hydrogen-bond donors (Lipinski definition) is 1. The van der Waals surface area contributed by atoms with Gasteiger partial charge < -0.3 is 10.1 Å². The van der Waals surface area contributed by atoms with Gasteiger partial charge in [0.15, 0.2) is 0 Å². The van der Waals surface area contributed by atoms with Crippen LogP contribution in [0.1, 0.15) is 30.9 Å². The summed E-state index contributed by atoms with van der Waals surface area (Å²) < 4.78 is 44.9. The van der Waals surface area contributed by atoms with Gasteiger partial charge in [-0.3, -0.25) is 9.69 Å². The number of hydrogen-bond acceptors (Lipinski definition) is 3. The molecule has 1 fully saturated rings. The molecule has 1 aliphatic rings. The number of carbonyl (C=O) groups excluding carboxylic acids is 1. The van der Waals surface area contributed by atoms with E-state index in [-0.39, 0.29) is 31.5 Å². The molecule has 0 radical (unpaired) electrons. The minimum atomic E-state index is -4.27. The molecule has 1 saturated heterocycles. The summed E-state index contributed by atoms with van der Waals surface area (Å²) >= 11 is 0. The van der Waals surface area contributed by atoms with Gasteiger partial charge >= 0.3 is 6.18 Å². The van der Waals surface area contributed by atoms with E-state index in [4.69, 9.17) is 4.74 Å². The van der Waals surface area contributed by atoms with Crippen molar-refractivity contribution in [1.29, 1.82) is 0 Å². The number of nitrogens with one attached hydrogen (secondary N) is 1. The number of amides is 1. The molecule has 0 spiro atoms. The molecule has 1 aliphatic heterocycles. The molecular weight excluding hydrogens is 321 g/mol. The van der Waals surface area contributed by atoms with E-state index in [1.54, 1.807) is 7.11 Å². The summed E-state index contributed by atoms with van der Waals surface area (Å²) in [5, 5.41) is 2.73. The molecular formula is C17H23F3N2O2. The fourth-order valence-electron chi connectivity index (χ4n) is 3.14. The third kappa shape index (κ3) is 5.21. The van der Waals surface area contributed by atoms with Crippen molar-refractivity contribution >= 4 is 5.91 Å². The Balaban J connectivity index is 2.09. The zero-order valence-corrected chi connectivity index (χ0v) is 13.9. The van der Waals surface area contributed by atoms with Crippen molar-refractivity contribution in [1.82, 2.24) is 10.2 Å². The van der Waals surface area contributed by atoms with Crippen molar-refractivity contribution in [3.63, 3.8) is 0 Å². The van der Waals surface area contributed by atoms with Crippen molar-refractivity contribution in [3.8, 4) is 0 Å². The number of halogens is 3. The molecule has 1 heterocycles. The fourth-order valence-corrected chi connectivity index (χ4v) is 3.14. The van der Waals surface area contributed by atoms with Gasteiger partial charge in [0, 0.05) is 33.2 Å². The molecule has 2 rings (SSSR count). The topological polar surface area (TPSA) is 41.6 Å². The normalized spacial score (nSPS) is 22.4. The van der Waals surface area contributed by atoms with E-state index in [1.807, 2.05) is 24.3 Å². The van der Waals surface area contributed by atoms with Crippen molar-refractivity contribution in [2.45, 2.75) is 51.2 Å². The van der Waals surface area contributed by atoms with Crippen LogP contribution in [0.15, 0.2) is 24.3 Å². The Bertz CT molecular complexity index is 546. The van der Waals surface area contributed by atoms with Crippen LogP contribution in [-0.4, -0.2) is 42.7 Å². The van der Waals surface area contributed by atoms with Gasteiger partial charge in [0.25, 0.3) is 0 Å². The zero-order valence-electron chi connectivity index (χ0n) is 13.9. The van der Waals surface area contributed by atoms with E-state index in [0.717, 1.165) is 11.1 Å². The molecule has 0 aromatic heterocycles. The smallest absolute Gasteiger partial charge is 0.380 e. The minimum absolute atomic E-state index is 0.00376. The number of carbonyl (C=O) groups is 1. The summed E-state index contributed by atoms with van der Waals surface area (Å²) in [6.07, 6.45) is -3.93. The zero-order chi connectivity index (χ0) is 17.7. The Kier molecular flexibility index (Phi) is 6.23. The summed E-state index contributed by atoms with van der Waals surface area (Å²) in [6.45, 7) is 2.26. The highest BCUT2D eigenvalue weighted by Crippen LogP contribution is 2.33. The predicted octanol–water partition coefficient (Wildman–Crippen LogP) is 2.86. The number of alkyl halides is 3. The summed E-state index contributed by atoms with van der Waals surface area (Å²) in [5.41, 5.74) is 1.79. The van der Waals surface area contributed by atoms with Gasteiger partial charge in [-0.1, -0.05) is 24.3 Å². The van der Waals surface area contributed by atoms with Gasteiger partial charge in [0.2, 0.25) is 5.91 Å². The maximum absolute atomic E-state index is 13.3. The van der Waals surface area contributed by atoms with E-state index >= 15 is 0 Å². The standard InChI is InChI=1S/C17H23F3N2O2/c1-12(23)21-15-7-8-16(17(18,19)20)22(10-15)9-13-3-5-14(6-4-13)11-24-2/h3-6,15-16H,7-11H2,1-2H3,(H,21,23)/t15-,16-/m1/s1. The minimum Gasteiger partial charge on any atom is -0.380 e. The molecule has 0 aliphatic carbocycles. The maximum Gasteiger partial charge on any atom is 0.404 e. The second-order valence-electron chi connectivity index (χ2n) is 6.21. The molecule has 1 aromatic carbocycles. The van der Waals surface area contributed by atoms with E-state index in [0.29, 0.717) is 13.0 Å². The average molecular weight is 344 g/mol. The first kappa shape index (κ1) is 18.7. The summed E-state index contributed by atoms with van der Waals surface area (Å²) in [7, 11) is 1.59. The van der Waals surface area contributed by atoms with Crippen LogP contribution in [0, 0.1) is 0 Å². The van der Waals surface area contributed by atoms with Crippen LogP contribution in [0.5, 0.6) is 0 Å². The van der Waals surface area contributed by atoms with Crippen LogP contribution in [-0.2, 0) is 22.7 Å². The lowest BCUT2D eigenvalue weighted by Gasteiger charge is -2.40. The first-order chi connectivity index (χ1) is 11.3. The highest BCUT2D eigenvalue weighted by atomic mass is 19.4. The van der Waals surface area contributed by atoms with E-state index in [2.05, 4.69) is 5.32 Å². The largest absolute Gasteiger partial charge is 0.404 e. The number of ether oxygens (including phenoxy) is 1. The number of piperidine rings is 1. The monoisotopic (exact) mass is 344 g/mol. The summed E-state index contributed by atoms with van der Waals surface area (Å²) in [6, 6.07) is 5.65. The Morgan fingerprint density at radius 3 is 2.42 bits per heavy atom. The van der Waals surface area contributed by atoms with Crippen LogP contribution in [0.3, 0.4) is 0 Å². The lowest BCUT2D eigenvalue weighted by molar-refractivity contribution is -0.194. The second-order valence-corrected chi connectivity index (χ2v) is 6.21. The fraction of sp³-hybridized carbons (Fsp3) is 0.588. The number of likely N-dealkylation sites (tertiary alicyclic amines) is 1. The van der Waals surface area contributed by atoms with Crippen LogP contribution in [0.25, 0.3) is 0 Å².